The summed E-state index contributed by atoms with van der Waals surface area (Å²) in [6.45, 7) is 4.27. The maximum Gasteiger partial charge on any atom is 0.335 e. The fourth-order valence-electron chi connectivity index (χ4n) is 2.01. The van der Waals surface area contributed by atoms with Gasteiger partial charge in [0.1, 0.15) is 11.6 Å². The van der Waals surface area contributed by atoms with Crippen LogP contribution < -0.4 is 4.90 Å². The summed E-state index contributed by atoms with van der Waals surface area (Å²) in [6.07, 6.45) is 0. The third-order valence-corrected chi connectivity index (χ3v) is 2.92. The molecule has 1 N–H and O–H groups in total. The number of aromatic nitrogens is 1. The Morgan fingerprint density at radius 2 is 1.95 bits per heavy atom. The minimum atomic E-state index is -0.994. The zero-order chi connectivity index (χ0) is 14.7. The molecule has 0 aliphatic carbocycles. The van der Waals surface area contributed by atoms with E-state index in [0.29, 0.717) is 18.1 Å². The van der Waals surface area contributed by atoms with Crippen molar-refractivity contribution in [2.24, 2.45) is 0 Å². The van der Waals surface area contributed by atoms with Crippen molar-refractivity contribution in [3.8, 4) is 0 Å². The molecule has 4 nitrogen and oxygen atoms in total. The third kappa shape index (κ3) is 2.93. The van der Waals surface area contributed by atoms with Gasteiger partial charge < -0.3 is 10.0 Å². The maximum absolute atomic E-state index is 13.0. The average Bonchev–Trinajstić information content (AvgIpc) is 2.41. The van der Waals surface area contributed by atoms with Gasteiger partial charge in [-0.15, -0.1) is 0 Å². The van der Waals surface area contributed by atoms with Crippen molar-refractivity contribution in [1.29, 1.82) is 0 Å². The van der Waals surface area contributed by atoms with Gasteiger partial charge in [0.25, 0.3) is 0 Å². The molecule has 1 aromatic carbocycles. The van der Waals surface area contributed by atoms with E-state index >= 15 is 0 Å². The Morgan fingerprint density at radius 3 is 2.50 bits per heavy atom. The number of nitrogens with zero attached hydrogens (tertiary/aromatic N) is 2. The molecule has 0 saturated carbocycles. The number of carbonyl (C=O) groups is 1. The maximum atomic E-state index is 13.0. The van der Waals surface area contributed by atoms with Gasteiger partial charge in [-0.1, -0.05) is 0 Å². The molecule has 0 amide bonds. The molecule has 0 saturated heterocycles. The van der Waals surface area contributed by atoms with Crippen LogP contribution in [0.1, 0.15) is 23.0 Å². The van der Waals surface area contributed by atoms with E-state index in [0.717, 1.165) is 5.69 Å². The van der Waals surface area contributed by atoms with Gasteiger partial charge >= 0.3 is 5.97 Å². The van der Waals surface area contributed by atoms with E-state index in [-0.39, 0.29) is 11.4 Å². The Kier molecular flexibility index (Phi) is 3.98. The van der Waals surface area contributed by atoms with Gasteiger partial charge in [-0.2, -0.15) is 0 Å². The highest BCUT2D eigenvalue weighted by molar-refractivity contribution is 5.89. The van der Waals surface area contributed by atoms with Crippen LogP contribution in [0, 0.1) is 12.7 Å². The molecule has 0 bridgehead atoms. The molecule has 2 rings (SSSR count). The van der Waals surface area contributed by atoms with Crippen molar-refractivity contribution in [3.05, 3.63) is 53.5 Å². The quantitative estimate of drug-likeness (QED) is 0.928. The summed E-state index contributed by atoms with van der Waals surface area (Å²) in [5, 5.41) is 9.10. The van der Waals surface area contributed by atoms with Gasteiger partial charge in [0.05, 0.1) is 5.56 Å². The van der Waals surface area contributed by atoms with Crippen LogP contribution in [0.3, 0.4) is 0 Å². The van der Waals surface area contributed by atoms with Crippen LogP contribution in [-0.2, 0) is 0 Å². The minimum Gasteiger partial charge on any atom is -0.478 e. The largest absolute Gasteiger partial charge is 0.478 e. The lowest BCUT2D eigenvalue weighted by Gasteiger charge is -2.22. The fraction of sp³-hybridized carbons (Fsp3) is 0.200. The van der Waals surface area contributed by atoms with Crippen LogP contribution in [0.4, 0.5) is 15.9 Å². The molecule has 5 heteroatoms. The molecule has 2 aromatic rings. The second kappa shape index (κ2) is 5.69. The summed E-state index contributed by atoms with van der Waals surface area (Å²) >= 11 is 0. The molecule has 0 aliphatic rings. The number of carboxylic acids is 1. The van der Waals surface area contributed by atoms with Crippen molar-refractivity contribution in [1.82, 2.24) is 4.98 Å². The number of hydrogen-bond donors (Lipinski definition) is 1. The van der Waals surface area contributed by atoms with Crippen LogP contribution in [-0.4, -0.2) is 22.6 Å². The highest BCUT2D eigenvalue weighted by Gasteiger charge is 2.13. The Morgan fingerprint density at radius 1 is 1.30 bits per heavy atom. The van der Waals surface area contributed by atoms with Crippen LogP contribution >= 0.6 is 0 Å². The molecular weight excluding hydrogens is 259 g/mol. The van der Waals surface area contributed by atoms with E-state index in [2.05, 4.69) is 4.98 Å². The number of halogens is 1. The van der Waals surface area contributed by atoms with E-state index in [1.807, 2.05) is 11.8 Å². The molecule has 0 spiro atoms. The first kappa shape index (κ1) is 14.0. The van der Waals surface area contributed by atoms with Gasteiger partial charge in [0.15, 0.2) is 0 Å². The Hall–Kier alpha value is -2.43. The number of benzene rings is 1. The SMILES string of the molecule is CCN(c1ccc(F)cc1)c1cc(C(=O)O)cc(C)n1. The lowest BCUT2D eigenvalue weighted by atomic mass is 10.2. The first-order chi connectivity index (χ1) is 9.51. The van der Waals surface area contributed by atoms with Crippen molar-refractivity contribution in [2.75, 3.05) is 11.4 Å². The molecule has 0 radical (unpaired) electrons. The molecule has 20 heavy (non-hydrogen) atoms. The number of aryl methyl sites for hydroxylation is 1. The van der Waals surface area contributed by atoms with Crippen molar-refractivity contribution < 1.29 is 14.3 Å². The summed E-state index contributed by atoms with van der Waals surface area (Å²) in [6, 6.07) is 9.05. The molecule has 1 heterocycles. The van der Waals surface area contributed by atoms with Gasteiger partial charge in [0, 0.05) is 17.9 Å². The number of aromatic carboxylic acids is 1. The van der Waals surface area contributed by atoms with Crippen LogP contribution in [0.15, 0.2) is 36.4 Å². The van der Waals surface area contributed by atoms with Crippen molar-refractivity contribution >= 4 is 17.5 Å². The third-order valence-electron chi connectivity index (χ3n) is 2.92. The highest BCUT2D eigenvalue weighted by Crippen LogP contribution is 2.24. The summed E-state index contributed by atoms with van der Waals surface area (Å²) in [7, 11) is 0. The van der Waals surface area contributed by atoms with Gasteiger partial charge in [-0.3, -0.25) is 0 Å². The van der Waals surface area contributed by atoms with Crippen LogP contribution in [0.5, 0.6) is 0 Å². The number of anilines is 2. The number of carboxylic acid groups (broad SMARTS) is 1. The van der Waals surface area contributed by atoms with E-state index < -0.39 is 5.97 Å². The second-order valence-corrected chi connectivity index (χ2v) is 4.38. The molecule has 104 valence electrons. The van der Waals surface area contributed by atoms with Crippen LogP contribution in [0.25, 0.3) is 0 Å². The average molecular weight is 274 g/mol. The van der Waals surface area contributed by atoms with Gasteiger partial charge in [-0.05, 0) is 50.2 Å². The lowest BCUT2D eigenvalue weighted by Crippen LogP contribution is -2.18. The fourth-order valence-corrected chi connectivity index (χ4v) is 2.01. The summed E-state index contributed by atoms with van der Waals surface area (Å²) < 4.78 is 13.0. The molecule has 0 unspecified atom stereocenters. The Bertz CT molecular complexity index is 626. The zero-order valence-electron chi connectivity index (χ0n) is 11.3. The minimum absolute atomic E-state index is 0.188. The van der Waals surface area contributed by atoms with Crippen molar-refractivity contribution in [3.63, 3.8) is 0 Å². The standard InChI is InChI=1S/C15H15FN2O2/c1-3-18(13-6-4-12(16)5-7-13)14-9-11(15(19)20)8-10(2)17-14/h4-9H,3H2,1-2H3,(H,19,20). The van der Waals surface area contributed by atoms with Crippen LogP contribution in [0.2, 0.25) is 0 Å². The molecule has 0 atom stereocenters. The number of hydrogen-bond acceptors (Lipinski definition) is 3. The monoisotopic (exact) mass is 274 g/mol. The molecule has 0 fully saturated rings. The highest BCUT2D eigenvalue weighted by atomic mass is 19.1. The predicted molar refractivity (Wildman–Crippen MR) is 75.0 cm³/mol. The van der Waals surface area contributed by atoms with E-state index in [9.17, 15) is 9.18 Å². The predicted octanol–water partition coefficient (Wildman–Crippen LogP) is 3.39. The molecule has 1 aromatic heterocycles. The first-order valence-electron chi connectivity index (χ1n) is 6.26. The second-order valence-electron chi connectivity index (χ2n) is 4.38. The summed E-state index contributed by atoms with van der Waals surface area (Å²) in [4.78, 5) is 17.3. The molecule has 0 aliphatic heterocycles. The number of pyridine rings is 1. The van der Waals surface area contributed by atoms with Gasteiger partial charge in [0.2, 0.25) is 0 Å². The summed E-state index contributed by atoms with van der Waals surface area (Å²) in [5.41, 5.74) is 1.58. The van der Waals surface area contributed by atoms with E-state index in [1.165, 1.54) is 24.3 Å². The first-order valence-corrected chi connectivity index (χ1v) is 6.26. The normalized spacial score (nSPS) is 10.3. The smallest absolute Gasteiger partial charge is 0.335 e. The summed E-state index contributed by atoms with van der Waals surface area (Å²) in [5.74, 6) is -0.767. The Labute approximate surface area is 116 Å². The van der Waals surface area contributed by atoms with Gasteiger partial charge in [-0.25, -0.2) is 14.2 Å². The van der Waals surface area contributed by atoms with E-state index in [4.69, 9.17) is 5.11 Å². The van der Waals surface area contributed by atoms with Crippen molar-refractivity contribution in [2.45, 2.75) is 13.8 Å². The van der Waals surface area contributed by atoms with E-state index in [1.54, 1.807) is 19.1 Å². The number of rotatable bonds is 4. The lowest BCUT2D eigenvalue weighted by molar-refractivity contribution is 0.0696. The Balaban J connectivity index is 2.46. The zero-order valence-corrected chi connectivity index (χ0v) is 11.3. The topological polar surface area (TPSA) is 53.4 Å². The molecular formula is C15H15FN2O2.